The van der Waals surface area contributed by atoms with Crippen LogP contribution in [0.15, 0.2) is 24.3 Å². The number of nitrogens with two attached hydrogens (primary N) is 1. The van der Waals surface area contributed by atoms with Gasteiger partial charge in [0.2, 0.25) is 0 Å². The third kappa shape index (κ3) is 2.87. The standard InChI is InChI=1S/C11H13IN2O.ClH/c12-10-4-2-1-3-9(10)11(15)14-6-5-8(13)7-14;/h1-4,8H,5-7,13H2;1H/t8-;/m1./s1. The zero-order valence-electron chi connectivity index (χ0n) is 8.73. The molecular weight excluding hydrogens is 338 g/mol. The fourth-order valence-electron chi connectivity index (χ4n) is 1.78. The van der Waals surface area contributed by atoms with Gasteiger partial charge in [0.25, 0.3) is 5.91 Å². The van der Waals surface area contributed by atoms with E-state index in [2.05, 4.69) is 22.6 Å². The van der Waals surface area contributed by atoms with Crippen molar-refractivity contribution < 1.29 is 4.79 Å². The van der Waals surface area contributed by atoms with E-state index in [9.17, 15) is 4.79 Å². The van der Waals surface area contributed by atoms with Crippen molar-refractivity contribution in [3.05, 3.63) is 33.4 Å². The minimum Gasteiger partial charge on any atom is -0.337 e. The lowest BCUT2D eigenvalue weighted by atomic mass is 10.2. The molecule has 3 nitrogen and oxygen atoms in total. The Morgan fingerprint density at radius 1 is 1.44 bits per heavy atom. The molecule has 1 aromatic rings. The lowest BCUT2D eigenvalue weighted by molar-refractivity contribution is 0.0790. The third-order valence-corrected chi connectivity index (χ3v) is 3.56. The second-order valence-electron chi connectivity index (χ2n) is 3.78. The van der Waals surface area contributed by atoms with E-state index in [0.29, 0.717) is 6.54 Å². The number of likely N-dealkylation sites (tertiary alicyclic amines) is 1. The van der Waals surface area contributed by atoms with E-state index in [0.717, 1.165) is 22.1 Å². The largest absolute Gasteiger partial charge is 0.337 e. The Labute approximate surface area is 115 Å². The summed E-state index contributed by atoms with van der Waals surface area (Å²) in [6.07, 6.45) is 0.912. The highest BCUT2D eigenvalue weighted by molar-refractivity contribution is 14.1. The quantitative estimate of drug-likeness (QED) is 0.785. The molecule has 1 heterocycles. The molecule has 1 fully saturated rings. The summed E-state index contributed by atoms with van der Waals surface area (Å²) in [5.41, 5.74) is 6.57. The van der Waals surface area contributed by atoms with Crippen LogP contribution in [0, 0.1) is 3.57 Å². The highest BCUT2D eigenvalue weighted by Crippen LogP contribution is 2.17. The van der Waals surface area contributed by atoms with Crippen molar-refractivity contribution in [2.75, 3.05) is 13.1 Å². The van der Waals surface area contributed by atoms with Gasteiger partial charge in [-0.25, -0.2) is 0 Å². The first-order valence-electron chi connectivity index (χ1n) is 4.98. The Bertz CT molecular complexity index is 386. The summed E-state index contributed by atoms with van der Waals surface area (Å²) in [5, 5.41) is 0. The van der Waals surface area contributed by atoms with E-state index in [1.54, 1.807) is 0 Å². The SMILES string of the molecule is Cl.N[C@@H]1CCN(C(=O)c2ccccc2I)C1. The summed E-state index contributed by atoms with van der Waals surface area (Å²) in [4.78, 5) is 13.9. The molecule has 1 aromatic carbocycles. The van der Waals surface area contributed by atoms with Crippen LogP contribution in [0.2, 0.25) is 0 Å². The highest BCUT2D eigenvalue weighted by atomic mass is 127. The Balaban J connectivity index is 0.00000128. The van der Waals surface area contributed by atoms with Crippen molar-refractivity contribution in [1.82, 2.24) is 4.90 Å². The van der Waals surface area contributed by atoms with Gasteiger partial charge in [0.05, 0.1) is 5.56 Å². The molecule has 0 spiro atoms. The third-order valence-electron chi connectivity index (χ3n) is 2.62. The average molecular weight is 353 g/mol. The average Bonchev–Trinajstić information content (AvgIpc) is 2.65. The second-order valence-corrected chi connectivity index (χ2v) is 4.94. The first kappa shape index (κ1) is 13.7. The molecule has 1 aliphatic heterocycles. The number of rotatable bonds is 1. The topological polar surface area (TPSA) is 46.3 Å². The zero-order valence-corrected chi connectivity index (χ0v) is 11.7. The molecule has 1 saturated heterocycles. The number of nitrogens with zero attached hydrogens (tertiary/aromatic N) is 1. The van der Waals surface area contributed by atoms with Crippen LogP contribution in [0.1, 0.15) is 16.8 Å². The fourth-order valence-corrected chi connectivity index (χ4v) is 2.39. The molecule has 0 unspecified atom stereocenters. The lowest BCUT2D eigenvalue weighted by Gasteiger charge is -2.16. The van der Waals surface area contributed by atoms with Gasteiger partial charge in [0.15, 0.2) is 0 Å². The zero-order chi connectivity index (χ0) is 10.8. The van der Waals surface area contributed by atoms with Gasteiger partial charge in [0, 0.05) is 22.7 Å². The van der Waals surface area contributed by atoms with Crippen LogP contribution < -0.4 is 5.73 Å². The molecule has 1 aliphatic rings. The first-order chi connectivity index (χ1) is 7.18. The highest BCUT2D eigenvalue weighted by Gasteiger charge is 2.25. The van der Waals surface area contributed by atoms with Crippen LogP contribution in [-0.4, -0.2) is 29.9 Å². The second kappa shape index (κ2) is 5.84. The van der Waals surface area contributed by atoms with Crippen molar-refractivity contribution in [3.8, 4) is 0 Å². The number of carbonyl (C=O) groups excluding carboxylic acids is 1. The molecule has 16 heavy (non-hydrogen) atoms. The van der Waals surface area contributed by atoms with Crippen LogP contribution in [0.4, 0.5) is 0 Å². The van der Waals surface area contributed by atoms with Gasteiger partial charge in [-0.1, -0.05) is 12.1 Å². The van der Waals surface area contributed by atoms with Crippen molar-refractivity contribution in [2.24, 2.45) is 5.73 Å². The first-order valence-corrected chi connectivity index (χ1v) is 6.06. The monoisotopic (exact) mass is 352 g/mol. The lowest BCUT2D eigenvalue weighted by Crippen LogP contribution is -2.32. The number of amides is 1. The van der Waals surface area contributed by atoms with Crippen molar-refractivity contribution in [3.63, 3.8) is 0 Å². The van der Waals surface area contributed by atoms with E-state index >= 15 is 0 Å². The summed E-state index contributed by atoms with van der Waals surface area (Å²) in [7, 11) is 0. The van der Waals surface area contributed by atoms with Crippen LogP contribution in [0.5, 0.6) is 0 Å². The van der Waals surface area contributed by atoms with Gasteiger partial charge in [-0.3, -0.25) is 4.79 Å². The number of hydrogen-bond donors (Lipinski definition) is 1. The normalized spacial score (nSPS) is 19.4. The maximum absolute atomic E-state index is 12.1. The van der Waals surface area contributed by atoms with E-state index in [4.69, 9.17) is 5.73 Å². The van der Waals surface area contributed by atoms with E-state index < -0.39 is 0 Å². The predicted octanol–water partition coefficient (Wildman–Crippen LogP) is 1.89. The number of halogens is 2. The van der Waals surface area contributed by atoms with Crippen molar-refractivity contribution >= 4 is 40.9 Å². The van der Waals surface area contributed by atoms with Crippen LogP contribution in [0.3, 0.4) is 0 Å². The van der Waals surface area contributed by atoms with Gasteiger partial charge in [-0.05, 0) is 41.1 Å². The molecular formula is C11H14ClIN2O. The van der Waals surface area contributed by atoms with Crippen molar-refractivity contribution in [1.29, 1.82) is 0 Å². The number of hydrogen-bond acceptors (Lipinski definition) is 2. The Morgan fingerprint density at radius 3 is 2.69 bits per heavy atom. The molecule has 5 heteroatoms. The molecule has 0 aromatic heterocycles. The van der Waals surface area contributed by atoms with Crippen molar-refractivity contribution in [2.45, 2.75) is 12.5 Å². The molecule has 2 N–H and O–H groups in total. The van der Waals surface area contributed by atoms with Gasteiger partial charge >= 0.3 is 0 Å². The molecule has 1 atom stereocenters. The summed E-state index contributed by atoms with van der Waals surface area (Å²) < 4.78 is 1.00. The molecule has 88 valence electrons. The van der Waals surface area contributed by atoms with Crippen LogP contribution in [-0.2, 0) is 0 Å². The Hall–Kier alpha value is -0.330. The molecule has 0 radical (unpaired) electrons. The summed E-state index contributed by atoms with van der Waals surface area (Å²) in [6, 6.07) is 7.80. The minimum absolute atomic E-state index is 0. The smallest absolute Gasteiger partial charge is 0.254 e. The molecule has 0 aliphatic carbocycles. The van der Waals surface area contributed by atoms with Gasteiger partial charge < -0.3 is 10.6 Å². The summed E-state index contributed by atoms with van der Waals surface area (Å²) in [5.74, 6) is 0.105. The minimum atomic E-state index is 0. The fraction of sp³-hybridized carbons (Fsp3) is 0.364. The molecule has 0 bridgehead atoms. The number of benzene rings is 1. The predicted molar refractivity (Wildman–Crippen MR) is 74.9 cm³/mol. The Morgan fingerprint density at radius 2 is 2.12 bits per heavy atom. The van der Waals surface area contributed by atoms with E-state index in [1.807, 2.05) is 29.2 Å². The summed E-state index contributed by atoms with van der Waals surface area (Å²) in [6.45, 7) is 1.47. The maximum atomic E-state index is 12.1. The molecule has 0 saturated carbocycles. The van der Waals surface area contributed by atoms with Gasteiger partial charge in [0.1, 0.15) is 0 Å². The molecule has 1 amide bonds. The molecule has 2 rings (SSSR count). The van der Waals surface area contributed by atoms with Crippen LogP contribution in [0.25, 0.3) is 0 Å². The van der Waals surface area contributed by atoms with E-state index in [1.165, 1.54) is 0 Å². The van der Waals surface area contributed by atoms with E-state index in [-0.39, 0.29) is 24.4 Å². The van der Waals surface area contributed by atoms with Gasteiger partial charge in [-0.15, -0.1) is 12.4 Å². The summed E-state index contributed by atoms with van der Waals surface area (Å²) >= 11 is 2.19. The van der Waals surface area contributed by atoms with Gasteiger partial charge in [-0.2, -0.15) is 0 Å². The van der Waals surface area contributed by atoms with Crippen LogP contribution >= 0.6 is 35.0 Å². The number of carbonyl (C=O) groups is 1. The maximum Gasteiger partial charge on any atom is 0.254 e. The Kier molecular flexibility index (Phi) is 5.01.